The number of aliphatic hydroxyl groups excluding tert-OH is 1. The van der Waals surface area contributed by atoms with E-state index in [9.17, 15) is 4.79 Å². The molecule has 0 radical (unpaired) electrons. The highest BCUT2D eigenvalue weighted by Gasteiger charge is 2.12. The second kappa shape index (κ2) is 4.73. The Morgan fingerprint density at radius 3 is 2.94 bits per heavy atom. The van der Waals surface area contributed by atoms with Gasteiger partial charge in [-0.25, -0.2) is 4.98 Å². The Morgan fingerprint density at radius 1 is 1.53 bits per heavy atom. The van der Waals surface area contributed by atoms with Crippen LogP contribution in [0.2, 0.25) is 5.28 Å². The van der Waals surface area contributed by atoms with Crippen LogP contribution in [0.3, 0.4) is 0 Å². The third kappa shape index (κ3) is 1.99. The zero-order valence-electron chi connectivity index (χ0n) is 9.18. The number of methoxy groups -OCH3 is 1. The van der Waals surface area contributed by atoms with E-state index < -0.39 is 0 Å². The van der Waals surface area contributed by atoms with Crippen molar-refractivity contribution < 1.29 is 9.84 Å². The third-order valence-corrected chi connectivity index (χ3v) is 2.73. The highest BCUT2D eigenvalue weighted by Crippen LogP contribution is 2.21. The van der Waals surface area contributed by atoms with Crippen LogP contribution in [0.15, 0.2) is 23.0 Å². The summed E-state index contributed by atoms with van der Waals surface area (Å²) in [6.07, 6.45) is 0. The number of aliphatic hydroxyl groups is 1. The van der Waals surface area contributed by atoms with Gasteiger partial charge in [-0.1, -0.05) is 6.07 Å². The van der Waals surface area contributed by atoms with Crippen molar-refractivity contribution in [1.82, 2.24) is 9.55 Å². The Morgan fingerprint density at radius 2 is 2.29 bits per heavy atom. The SMILES string of the molecule is COc1cccc2nc(Cl)n(CCO)c(=O)c12. The number of hydrogen-bond acceptors (Lipinski definition) is 4. The van der Waals surface area contributed by atoms with E-state index >= 15 is 0 Å². The minimum Gasteiger partial charge on any atom is -0.496 e. The maximum Gasteiger partial charge on any atom is 0.266 e. The van der Waals surface area contributed by atoms with Crippen molar-refractivity contribution in [2.75, 3.05) is 13.7 Å². The molecule has 5 nitrogen and oxygen atoms in total. The normalized spacial score (nSPS) is 10.8. The van der Waals surface area contributed by atoms with Crippen LogP contribution in [-0.2, 0) is 6.54 Å². The molecule has 0 unspecified atom stereocenters. The van der Waals surface area contributed by atoms with Crippen LogP contribution in [0.1, 0.15) is 0 Å². The molecule has 0 amide bonds. The summed E-state index contributed by atoms with van der Waals surface area (Å²) in [5, 5.41) is 9.32. The van der Waals surface area contributed by atoms with Crippen molar-refractivity contribution in [3.63, 3.8) is 0 Å². The largest absolute Gasteiger partial charge is 0.496 e. The predicted octanol–water partition coefficient (Wildman–Crippen LogP) is 1.05. The summed E-state index contributed by atoms with van der Waals surface area (Å²) >= 11 is 5.88. The third-order valence-electron chi connectivity index (χ3n) is 2.44. The number of halogens is 1. The van der Waals surface area contributed by atoms with E-state index in [2.05, 4.69) is 4.98 Å². The minimum atomic E-state index is -0.313. The summed E-state index contributed by atoms with van der Waals surface area (Å²) in [4.78, 5) is 16.3. The number of nitrogens with zero attached hydrogens (tertiary/aromatic N) is 2. The lowest BCUT2D eigenvalue weighted by Crippen LogP contribution is -2.24. The van der Waals surface area contributed by atoms with E-state index in [1.54, 1.807) is 18.2 Å². The number of ether oxygens (including phenoxy) is 1. The zero-order chi connectivity index (χ0) is 12.4. The minimum absolute atomic E-state index is 0.0600. The van der Waals surface area contributed by atoms with Crippen LogP contribution in [-0.4, -0.2) is 28.4 Å². The van der Waals surface area contributed by atoms with Crippen molar-refractivity contribution in [2.45, 2.75) is 6.54 Å². The second-order valence-electron chi connectivity index (χ2n) is 3.42. The molecule has 0 aliphatic rings. The fraction of sp³-hybridized carbons (Fsp3) is 0.273. The monoisotopic (exact) mass is 254 g/mol. The predicted molar refractivity (Wildman–Crippen MR) is 64.7 cm³/mol. The molecular weight excluding hydrogens is 244 g/mol. The van der Waals surface area contributed by atoms with Gasteiger partial charge >= 0.3 is 0 Å². The molecule has 0 atom stereocenters. The Kier molecular flexibility index (Phi) is 3.31. The van der Waals surface area contributed by atoms with Crippen LogP contribution in [0.5, 0.6) is 5.75 Å². The van der Waals surface area contributed by atoms with E-state index in [0.717, 1.165) is 0 Å². The van der Waals surface area contributed by atoms with Gasteiger partial charge in [0.15, 0.2) is 0 Å². The first-order valence-electron chi connectivity index (χ1n) is 5.03. The standard InChI is InChI=1S/C11H11ClN2O3/c1-17-8-4-2-3-7-9(8)10(16)14(5-6-15)11(12)13-7/h2-4,15H,5-6H2,1H3. The van der Waals surface area contributed by atoms with E-state index in [4.69, 9.17) is 21.4 Å². The van der Waals surface area contributed by atoms with Crippen LogP contribution < -0.4 is 10.3 Å². The molecule has 2 aromatic rings. The molecule has 0 aliphatic carbocycles. The maximum atomic E-state index is 12.2. The molecule has 0 saturated carbocycles. The molecule has 2 rings (SSSR count). The number of fused-ring (bicyclic) bond motifs is 1. The number of benzene rings is 1. The van der Waals surface area contributed by atoms with Gasteiger partial charge in [-0.3, -0.25) is 9.36 Å². The average molecular weight is 255 g/mol. The summed E-state index contributed by atoms with van der Waals surface area (Å²) in [5.74, 6) is 0.448. The Bertz CT molecular complexity index is 609. The van der Waals surface area contributed by atoms with Crippen molar-refractivity contribution in [3.8, 4) is 5.75 Å². The Labute approximate surface area is 102 Å². The summed E-state index contributed by atoms with van der Waals surface area (Å²) in [5.41, 5.74) is 0.167. The first-order valence-corrected chi connectivity index (χ1v) is 5.40. The van der Waals surface area contributed by atoms with Crippen LogP contribution in [0, 0.1) is 0 Å². The van der Waals surface area contributed by atoms with Crippen molar-refractivity contribution >= 4 is 22.5 Å². The van der Waals surface area contributed by atoms with Crippen LogP contribution in [0.25, 0.3) is 10.9 Å². The van der Waals surface area contributed by atoms with Gasteiger partial charge in [0, 0.05) is 0 Å². The average Bonchev–Trinajstić information content (AvgIpc) is 2.33. The van der Waals surface area contributed by atoms with Gasteiger partial charge in [-0.2, -0.15) is 0 Å². The smallest absolute Gasteiger partial charge is 0.266 e. The van der Waals surface area contributed by atoms with E-state index in [1.807, 2.05) is 0 Å². The van der Waals surface area contributed by atoms with Crippen molar-refractivity contribution in [2.24, 2.45) is 0 Å². The van der Waals surface area contributed by atoms with E-state index in [1.165, 1.54) is 11.7 Å². The molecule has 1 aromatic carbocycles. The highest BCUT2D eigenvalue weighted by atomic mass is 35.5. The van der Waals surface area contributed by atoms with Crippen LogP contribution >= 0.6 is 11.6 Å². The van der Waals surface area contributed by atoms with Gasteiger partial charge in [0.2, 0.25) is 5.28 Å². The molecule has 1 heterocycles. The van der Waals surface area contributed by atoms with E-state index in [-0.39, 0.29) is 24.0 Å². The van der Waals surface area contributed by atoms with Crippen molar-refractivity contribution in [1.29, 1.82) is 0 Å². The first-order chi connectivity index (χ1) is 8.19. The lowest BCUT2D eigenvalue weighted by molar-refractivity contribution is 0.274. The zero-order valence-corrected chi connectivity index (χ0v) is 9.94. The topological polar surface area (TPSA) is 64.3 Å². The molecule has 0 spiro atoms. The maximum absolute atomic E-state index is 12.2. The van der Waals surface area contributed by atoms with Gasteiger partial charge in [0.05, 0.1) is 25.8 Å². The molecule has 1 aromatic heterocycles. The Hall–Kier alpha value is -1.59. The van der Waals surface area contributed by atoms with Gasteiger partial charge in [-0.15, -0.1) is 0 Å². The summed E-state index contributed by atoms with van der Waals surface area (Å²) in [6.45, 7) is -0.0688. The van der Waals surface area contributed by atoms with Crippen LogP contribution in [0.4, 0.5) is 0 Å². The number of aromatic nitrogens is 2. The Balaban J connectivity index is 2.84. The second-order valence-corrected chi connectivity index (χ2v) is 3.75. The molecular formula is C11H11ClN2O3. The molecule has 17 heavy (non-hydrogen) atoms. The fourth-order valence-electron chi connectivity index (χ4n) is 1.67. The molecule has 90 valence electrons. The molecule has 0 bridgehead atoms. The summed E-state index contributed by atoms with van der Waals surface area (Å²) < 4.78 is 6.34. The summed E-state index contributed by atoms with van der Waals surface area (Å²) in [6, 6.07) is 5.11. The molecule has 0 aliphatic heterocycles. The quantitative estimate of drug-likeness (QED) is 0.832. The lowest BCUT2D eigenvalue weighted by atomic mass is 10.2. The lowest BCUT2D eigenvalue weighted by Gasteiger charge is -2.09. The summed E-state index contributed by atoms with van der Waals surface area (Å²) in [7, 11) is 1.49. The molecule has 0 saturated heterocycles. The fourth-order valence-corrected chi connectivity index (χ4v) is 1.92. The van der Waals surface area contributed by atoms with Crippen molar-refractivity contribution in [3.05, 3.63) is 33.8 Å². The van der Waals surface area contributed by atoms with E-state index in [0.29, 0.717) is 16.7 Å². The molecule has 1 N–H and O–H groups in total. The number of rotatable bonds is 3. The molecule has 6 heteroatoms. The first kappa shape index (κ1) is 11.9. The van der Waals surface area contributed by atoms with Gasteiger partial charge < -0.3 is 9.84 Å². The van der Waals surface area contributed by atoms with Gasteiger partial charge in [-0.05, 0) is 23.7 Å². The molecule has 0 fully saturated rings. The van der Waals surface area contributed by atoms with Gasteiger partial charge in [0.25, 0.3) is 5.56 Å². The van der Waals surface area contributed by atoms with Gasteiger partial charge in [0.1, 0.15) is 11.1 Å². The highest BCUT2D eigenvalue weighted by molar-refractivity contribution is 6.28. The number of hydrogen-bond donors (Lipinski definition) is 1.